The molecule has 2 atom stereocenters. The van der Waals surface area contributed by atoms with Gasteiger partial charge in [0.05, 0.1) is 23.3 Å². The van der Waals surface area contributed by atoms with Crippen molar-refractivity contribution in [2.45, 2.75) is 95.9 Å². The number of aromatic carboxylic acids is 1. The molecule has 11 nitrogen and oxygen atoms in total. The molecule has 2 unspecified atom stereocenters. The average molecular weight is 797 g/mol. The van der Waals surface area contributed by atoms with Gasteiger partial charge in [0.1, 0.15) is 0 Å². The number of nitrogens with one attached hydrogen (secondary N) is 2. The molecule has 5 rings (SSSR count). The summed E-state index contributed by atoms with van der Waals surface area (Å²) < 4.78 is 0. The number of thioether (sulfide) groups is 1. The van der Waals surface area contributed by atoms with E-state index in [2.05, 4.69) is 29.4 Å². The van der Waals surface area contributed by atoms with Gasteiger partial charge in [-0.3, -0.25) is 24.1 Å². The van der Waals surface area contributed by atoms with E-state index in [-0.39, 0.29) is 36.1 Å². The van der Waals surface area contributed by atoms with Gasteiger partial charge in [0.2, 0.25) is 11.8 Å². The number of likely N-dealkylation sites (N-methyl/N-ethyl adjacent to an activating group) is 1. The number of nitrogens with zero attached hydrogens (tertiary/aromatic N) is 2. The van der Waals surface area contributed by atoms with Gasteiger partial charge in [-0.15, -0.1) is 11.8 Å². The van der Waals surface area contributed by atoms with Crippen LogP contribution in [0.25, 0.3) is 0 Å². The minimum absolute atomic E-state index is 0.0128. The molecule has 0 saturated carbocycles. The fourth-order valence-electron chi connectivity index (χ4n) is 7.70. The molecule has 1 aliphatic carbocycles. The maximum atomic E-state index is 14.0. The predicted octanol–water partition coefficient (Wildman–Crippen LogP) is 7.41. The molecule has 304 valence electrons. The molecule has 3 aromatic carbocycles. The van der Waals surface area contributed by atoms with Crippen LogP contribution in [0.5, 0.6) is 0 Å². The Morgan fingerprint density at radius 2 is 1.44 bits per heavy atom. The van der Waals surface area contributed by atoms with Gasteiger partial charge in [-0.25, -0.2) is 4.79 Å². The summed E-state index contributed by atoms with van der Waals surface area (Å²) in [4.78, 5) is 67.5. The van der Waals surface area contributed by atoms with Gasteiger partial charge in [-0.2, -0.15) is 0 Å². The standard InChI is InChI=1S/C45H56N4O7S/c1-4-36(5-2)49(28-27-48(3)39(50)23-24-40(51)52)26-25-32-9-8-10-34(29-32)42(53)47-44-41(37-11-6-7-12-38(37)57-44)43(54)46-35-21-17-31(18-22-35)14-13-30-15-19-33(20-16-30)45(55)56/h8-10,15-22,29,36,41,44H,4-7,11-14,23-28H2,1-3H3,(H,46,54)(H,47,53)(H,51,52)(H,55,56). The van der Waals surface area contributed by atoms with E-state index in [1.807, 2.05) is 60.7 Å². The maximum absolute atomic E-state index is 14.0. The molecule has 0 bridgehead atoms. The SMILES string of the molecule is CCC(CC)N(CCc1cccc(C(=O)NC2SC3=C(CCCC3)C2C(=O)Nc2ccc(CCc3ccc(C(=O)O)cc3)cc2)c1)CCN(C)C(=O)CCC(=O)O. The molecule has 0 spiro atoms. The molecular formula is C45H56N4O7S. The van der Waals surface area contributed by atoms with Crippen molar-refractivity contribution in [2.24, 2.45) is 5.92 Å². The molecule has 0 aromatic heterocycles. The Bertz CT molecular complexity index is 1910. The highest BCUT2D eigenvalue weighted by Gasteiger charge is 2.42. The summed E-state index contributed by atoms with van der Waals surface area (Å²) in [7, 11) is 1.72. The van der Waals surface area contributed by atoms with Crippen LogP contribution < -0.4 is 10.6 Å². The molecule has 0 radical (unpaired) electrons. The number of allylic oxidation sites excluding steroid dienone is 1. The van der Waals surface area contributed by atoms with Crippen molar-refractivity contribution in [1.29, 1.82) is 0 Å². The lowest BCUT2D eigenvalue weighted by atomic mass is 9.88. The number of hydrogen-bond donors (Lipinski definition) is 4. The molecular weight excluding hydrogens is 741 g/mol. The molecule has 57 heavy (non-hydrogen) atoms. The molecule has 2 aliphatic rings. The zero-order chi connectivity index (χ0) is 40.9. The Hall–Kier alpha value is -4.94. The summed E-state index contributed by atoms with van der Waals surface area (Å²) in [6.45, 7) is 6.22. The Kier molecular flexibility index (Phi) is 15.9. The van der Waals surface area contributed by atoms with Crippen LogP contribution in [0.4, 0.5) is 5.69 Å². The van der Waals surface area contributed by atoms with Crippen molar-refractivity contribution in [3.05, 3.63) is 111 Å². The number of aliphatic carboxylic acids is 1. The van der Waals surface area contributed by atoms with Crippen LogP contribution in [0.2, 0.25) is 0 Å². The number of aryl methyl sites for hydroxylation is 2. The first-order chi connectivity index (χ1) is 27.4. The van der Waals surface area contributed by atoms with E-state index in [0.29, 0.717) is 36.8 Å². The third-order valence-corrected chi connectivity index (χ3v) is 12.5. The average Bonchev–Trinajstić information content (AvgIpc) is 3.58. The van der Waals surface area contributed by atoms with Crippen LogP contribution in [0.3, 0.4) is 0 Å². The van der Waals surface area contributed by atoms with Crippen molar-refractivity contribution in [1.82, 2.24) is 15.1 Å². The van der Waals surface area contributed by atoms with Gasteiger partial charge in [0, 0.05) is 50.4 Å². The predicted molar refractivity (Wildman–Crippen MR) is 224 cm³/mol. The van der Waals surface area contributed by atoms with Gasteiger partial charge >= 0.3 is 11.9 Å². The molecule has 0 saturated heterocycles. The second-order valence-corrected chi connectivity index (χ2v) is 16.2. The normalized spacial score (nSPS) is 16.4. The monoisotopic (exact) mass is 796 g/mol. The Morgan fingerprint density at radius 1 is 0.772 bits per heavy atom. The van der Waals surface area contributed by atoms with Crippen LogP contribution in [0, 0.1) is 5.92 Å². The fraction of sp³-hybridized carbons (Fsp3) is 0.444. The third-order valence-electron chi connectivity index (χ3n) is 11.1. The summed E-state index contributed by atoms with van der Waals surface area (Å²) in [5.41, 5.74) is 5.82. The van der Waals surface area contributed by atoms with Crippen LogP contribution >= 0.6 is 11.8 Å². The smallest absolute Gasteiger partial charge is 0.335 e. The quantitative estimate of drug-likeness (QED) is 0.0915. The lowest BCUT2D eigenvalue weighted by molar-refractivity contribution is -0.140. The number of benzene rings is 3. The molecule has 3 amide bonds. The van der Waals surface area contributed by atoms with Crippen LogP contribution in [0.15, 0.2) is 83.3 Å². The van der Waals surface area contributed by atoms with Gasteiger partial charge < -0.3 is 25.7 Å². The number of carbonyl (C=O) groups is 5. The van der Waals surface area contributed by atoms with Gasteiger partial charge in [0.15, 0.2) is 0 Å². The Labute approximate surface area is 340 Å². The first-order valence-corrected chi connectivity index (χ1v) is 21.0. The second kappa shape index (κ2) is 21.0. The highest BCUT2D eigenvalue weighted by Crippen LogP contribution is 2.48. The number of amides is 3. The topological polar surface area (TPSA) is 156 Å². The number of carbonyl (C=O) groups excluding carboxylic acids is 3. The van der Waals surface area contributed by atoms with Crippen molar-refractivity contribution in [3.63, 3.8) is 0 Å². The summed E-state index contributed by atoms with van der Waals surface area (Å²) in [5, 5.41) is 24.0. The lowest BCUT2D eigenvalue weighted by Crippen LogP contribution is -2.42. The number of hydrogen-bond acceptors (Lipinski definition) is 7. The zero-order valence-corrected chi connectivity index (χ0v) is 34.1. The molecule has 1 heterocycles. The van der Waals surface area contributed by atoms with Gasteiger partial charge in [-0.1, -0.05) is 50.2 Å². The minimum atomic E-state index is -0.981. The van der Waals surface area contributed by atoms with Gasteiger partial charge in [-0.05, 0) is 121 Å². The second-order valence-electron chi connectivity index (χ2n) is 15.0. The largest absolute Gasteiger partial charge is 0.481 e. The minimum Gasteiger partial charge on any atom is -0.481 e. The van der Waals surface area contributed by atoms with E-state index < -0.39 is 23.2 Å². The number of anilines is 1. The summed E-state index contributed by atoms with van der Waals surface area (Å²) >= 11 is 1.61. The van der Waals surface area contributed by atoms with E-state index in [0.717, 1.165) is 80.2 Å². The fourth-order valence-corrected chi connectivity index (χ4v) is 9.24. The van der Waals surface area contributed by atoms with Crippen molar-refractivity contribution in [3.8, 4) is 0 Å². The summed E-state index contributed by atoms with van der Waals surface area (Å²) in [6, 6.07) is 22.7. The maximum Gasteiger partial charge on any atom is 0.335 e. The Balaban J connectivity index is 1.19. The van der Waals surface area contributed by atoms with Crippen molar-refractivity contribution < 1.29 is 34.2 Å². The molecule has 4 N–H and O–H groups in total. The number of rotatable bonds is 20. The van der Waals surface area contributed by atoms with E-state index >= 15 is 0 Å². The summed E-state index contributed by atoms with van der Waals surface area (Å²) in [5.74, 6) is -2.92. The number of carboxylic acid groups (broad SMARTS) is 2. The van der Waals surface area contributed by atoms with E-state index in [1.165, 1.54) is 4.91 Å². The van der Waals surface area contributed by atoms with E-state index in [4.69, 9.17) is 10.2 Å². The van der Waals surface area contributed by atoms with Crippen molar-refractivity contribution in [2.75, 3.05) is 32.0 Å². The highest BCUT2D eigenvalue weighted by atomic mass is 32.2. The zero-order valence-electron chi connectivity index (χ0n) is 33.3. The van der Waals surface area contributed by atoms with E-state index in [1.54, 1.807) is 35.8 Å². The summed E-state index contributed by atoms with van der Waals surface area (Å²) in [6.07, 6.45) is 7.83. The Morgan fingerprint density at radius 3 is 2.09 bits per heavy atom. The highest BCUT2D eigenvalue weighted by molar-refractivity contribution is 8.04. The van der Waals surface area contributed by atoms with Crippen LogP contribution in [-0.2, 0) is 33.6 Å². The first kappa shape index (κ1) is 43.2. The molecule has 3 aromatic rings. The van der Waals surface area contributed by atoms with Crippen LogP contribution in [-0.4, -0.2) is 87.8 Å². The first-order valence-electron chi connectivity index (χ1n) is 20.2. The van der Waals surface area contributed by atoms with E-state index in [9.17, 15) is 24.0 Å². The molecule has 1 aliphatic heterocycles. The molecule has 0 fully saturated rings. The van der Waals surface area contributed by atoms with Crippen LogP contribution in [0.1, 0.15) is 103 Å². The van der Waals surface area contributed by atoms with Crippen molar-refractivity contribution >= 4 is 47.1 Å². The lowest BCUT2D eigenvalue weighted by Gasteiger charge is -2.32. The number of carboxylic acids is 2. The molecule has 12 heteroatoms. The third kappa shape index (κ3) is 12.3. The van der Waals surface area contributed by atoms with Gasteiger partial charge in [0.25, 0.3) is 5.91 Å².